The van der Waals surface area contributed by atoms with Crippen LogP contribution in [-0.2, 0) is 18.6 Å². The van der Waals surface area contributed by atoms with Crippen LogP contribution in [0.1, 0.15) is 74.3 Å². The molecule has 11 aromatic rings. The first-order chi connectivity index (χ1) is 38.1. The van der Waals surface area contributed by atoms with Crippen LogP contribution in [0.2, 0.25) is 0 Å². The summed E-state index contributed by atoms with van der Waals surface area (Å²) in [6.45, 7) is 19.4. The lowest BCUT2D eigenvalue weighted by atomic mass is 9.74. The van der Waals surface area contributed by atoms with Gasteiger partial charge in [0.2, 0.25) is 0 Å². The molecule has 0 amide bonds. The summed E-state index contributed by atoms with van der Waals surface area (Å²) in [5.41, 5.74) is 14.3. The molecule has 1 aliphatic carbocycles. The van der Waals surface area contributed by atoms with E-state index in [1.165, 1.54) is 92.8 Å². The van der Waals surface area contributed by atoms with Crippen molar-refractivity contribution in [1.29, 1.82) is 0 Å². The maximum atomic E-state index is 6.79. The van der Waals surface area contributed by atoms with Gasteiger partial charge in [-0.15, -0.1) is 0 Å². The molecule has 0 spiro atoms. The van der Waals surface area contributed by atoms with E-state index in [4.69, 9.17) is 18.6 Å². The predicted octanol–water partition coefficient (Wildman–Crippen LogP) is 17.8. The number of benzene rings is 11. The fourth-order valence-electron chi connectivity index (χ4n) is 13.0. The largest absolute Gasteiger partial charge is 0.494 e. The van der Waals surface area contributed by atoms with Crippen LogP contribution < -0.4 is 10.9 Å². The lowest BCUT2D eigenvalue weighted by Gasteiger charge is -2.32. The summed E-state index contributed by atoms with van der Waals surface area (Å²) in [5, 5.41) is 12.4. The highest BCUT2D eigenvalue weighted by Gasteiger charge is 2.53. The van der Waals surface area contributed by atoms with Crippen LogP contribution >= 0.6 is 0 Å². The second-order valence-corrected chi connectivity index (χ2v) is 24.4. The molecule has 2 fully saturated rings. The van der Waals surface area contributed by atoms with Crippen LogP contribution in [0.25, 0.3) is 115 Å². The minimum absolute atomic E-state index is 0.400. The molecule has 1 atom stereocenters. The standard InChI is InChI=1S/C73H64B2O4/c1-45-24-19-31-49(40-45)60-43-58(46-25-13-10-14-26-46)62(48-29-17-12-18-30-48)68-56-38-22-37-55-64(56)65-54(66(60)68)36-23-39-57(65)69-63(51-33-21-35-53(42-51)75-78-72(6,7)73(8,9)79-75)59(47-27-15-11-16-28-47)44-61(67(55)69)50-32-20-34-52(41-50)74-76-70(2,3)71(4,5)77-74/h10-39,41-45H,40H2,1-9H3. The minimum Gasteiger partial charge on any atom is -0.399 e. The van der Waals surface area contributed by atoms with Gasteiger partial charge in [-0.3, -0.25) is 0 Å². The molecule has 0 bridgehead atoms. The molecule has 6 heteroatoms. The summed E-state index contributed by atoms with van der Waals surface area (Å²) < 4.78 is 27.1. The molecule has 0 radical (unpaired) electrons. The minimum atomic E-state index is -0.535. The molecule has 0 aromatic heterocycles. The predicted molar refractivity (Wildman–Crippen MR) is 335 cm³/mol. The summed E-state index contributed by atoms with van der Waals surface area (Å²) >= 11 is 0. The van der Waals surface area contributed by atoms with Gasteiger partial charge in [0.15, 0.2) is 0 Å². The SMILES string of the molecule is CC1C=CC=C(c2cc(-c3ccccc3)c(-c3ccccc3)c3c4cccc5c6c(-c7cccc(B8OC(C)(C)C(C)(C)O8)c7)cc(-c7ccccc7)c(-c7cccc(B8OC(C)(C)C(C)(C)O8)c7)c6c6cccc(c23)c6c54)C1. The Kier molecular flexibility index (Phi) is 11.5. The van der Waals surface area contributed by atoms with E-state index in [9.17, 15) is 0 Å². The van der Waals surface area contributed by atoms with E-state index in [0.717, 1.165) is 45.2 Å². The van der Waals surface area contributed by atoms with E-state index in [2.05, 4.69) is 269 Å². The van der Waals surface area contributed by atoms with Gasteiger partial charge in [-0.2, -0.15) is 0 Å². The molecule has 2 saturated heterocycles. The van der Waals surface area contributed by atoms with Crippen molar-refractivity contribution < 1.29 is 18.6 Å². The maximum absolute atomic E-state index is 6.79. The topological polar surface area (TPSA) is 36.9 Å². The first-order valence-corrected chi connectivity index (χ1v) is 28.2. The highest BCUT2D eigenvalue weighted by molar-refractivity contribution is 6.63. The average molecular weight is 1030 g/mol. The van der Waals surface area contributed by atoms with Crippen LogP contribution in [0.4, 0.5) is 0 Å². The first kappa shape index (κ1) is 49.7. The third-order valence-corrected chi connectivity index (χ3v) is 18.4. The molecule has 0 N–H and O–H groups in total. The van der Waals surface area contributed by atoms with Crippen molar-refractivity contribution in [2.75, 3.05) is 0 Å². The molecular formula is C73H64B2O4. The fourth-order valence-corrected chi connectivity index (χ4v) is 13.0. The second kappa shape index (κ2) is 18.2. The third kappa shape index (κ3) is 7.89. The van der Waals surface area contributed by atoms with Crippen molar-refractivity contribution in [2.24, 2.45) is 5.92 Å². The Morgan fingerprint density at radius 1 is 0.354 bits per heavy atom. The van der Waals surface area contributed by atoms with Gasteiger partial charge in [0.25, 0.3) is 0 Å². The second-order valence-electron chi connectivity index (χ2n) is 24.4. The van der Waals surface area contributed by atoms with Crippen LogP contribution in [0.5, 0.6) is 0 Å². The Labute approximate surface area is 465 Å². The molecule has 79 heavy (non-hydrogen) atoms. The van der Waals surface area contributed by atoms with Gasteiger partial charge in [0.05, 0.1) is 22.4 Å². The van der Waals surface area contributed by atoms with Crippen molar-refractivity contribution in [3.8, 4) is 55.6 Å². The monoisotopic (exact) mass is 1030 g/mol. The molecule has 2 heterocycles. The zero-order valence-corrected chi connectivity index (χ0v) is 46.7. The molecule has 386 valence electrons. The van der Waals surface area contributed by atoms with Gasteiger partial charge in [-0.1, -0.05) is 201 Å². The summed E-state index contributed by atoms with van der Waals surface area (Å²) in [5.74, 6) is 0.400. The highest BCUT2D eigenvalue weighted by Crippen LogP contribution is 2.55. The maximum Gasteiger partial charge on any atom is 0.494 e. The molecule has 2 aliphatic heterocycles. The summed E-state index contributed by atoms with van der Waals surface area (Å²) in [4.78, 5) is 0. The smallest absolute Gasteiger partial charge is 0.399 e. The molecule has 3 aliphatic rings. The van der Waals surface area contributed by atoms with E-state index < -0.39 is 36.6 Å². The van der Waals surface area contributed by atoms with Crippen molar-refractivity contribution in [3.05, 3.63) is 212 Å². The lowest BCUT2D eigenvalue weighted by molar-refractivity contribution is 0.00578. The number of hydrogen-bond donors (Lipinski definition) is 0. The molecule has 11 aromatic carbocycles. The van der Waals surface area contributed by atoms with E-state index in [1.54, 1.807) is 0 Å². The number of hydrogen-bond acceptors (Lipinski definition) is 4. The summed E-state index contributed by atoms with van der Waals surface area (Å²) in [6, 6.07) is 70.1. The molecule has 14 rings (SSSR count). The summed E-state index contributed by atoms with van der Waals surface area (Å²) in [6.07, 6.45) is 7.92. The lowest BCUT2D eigenvalue weighted by Crippen LogP contribution is -2.41. The zero-order chi connectivity index (χ0) is 54.2. The quantitative estimate of drug-likeness (QED) is 0.0863. The van der Waals surface area contributed by atoms with E-state index >= 15 is 0 Å². The van der Waals surface area contributed by atoms with Gasteiger partial charge in [-0.25, -0.2) is 0 Å². The zero-order valence-electron chi connectivity index (χ0n) is 46.7. The fraction of sp³-hybridized carbons (Fsp3) is 0.205. The van der Waals surface area contributed by atoms with Gasteiger partial charge >= 0.3 is 14.2 Å². The first-order valence-electron chi connectivity index (χ1n) is 28.2. The Balaban J connectivity index is 1.18. The normalized spacial score (nSPS) is 18.4. The Morgan fingerprint density at radius 3 is 1.22 bits per heavy atom. The van der Waals surface area contributed by atoms with Crippen molar-refractivity contribution in [2.45, 2.75) is 91.1 Å². The molecule has 1 unspecified atom stereocenters. The van der Waals surface area contributed by atoms with E-state index in [1.807, 2.05) is 0 Å². The van der Waals surface area contributed by atoms with E-state index in [-0.39, 0.29) is 0 Å². The van der Waals surface area contributed by atoms with Crippen molar-refractivity contribution in [1.82, 2.24) is 0 Å². The van der Waals surface area contributed by atoms with Crippen molar-refractivity contribution >= 4 is 84.6 Å². The number of rotatable bonds is 8. The van der Waals surface area contributed by atoms with Crippen molar-refractivity contribution in [3.63, 3.8) is 0 Å². The van der Waals surface area contributed by atoms with Crippen LogP contribution in [-0.4, -0.2) is 36.6 Å². The van der Waals surface area contributed by atoms with Crippen LogP contribution in [0.15, 0.2) is 206 Å². The third-order valence-electron chi connectivity index (χ3n) is 18.4. The Morgan fingerprint density at radius 2 is 0.734 bits per heavy atom. The van der Waals surface area contributed by atoms with Gasteiger partial charge in [0.1, 0.15) is 0 Å². The highest BCUT2D eigenvalue weighted by atomic mass is 16.7. The Hall–Kier alpha value is -7.57. The van der Waals surface area contributed by atoms with Crippen LogP contribution in [0, 0.1) is 5.92 Å². The molecule has 4 nitrogen and oxygen atoms in total. The Bertz CT molecular complexity index is 4280. The van der Waals surface area contributed by atoms with E-state index in [0.29, 0.717) is 5.92 Å². The van der Waals surface area contributed by atoms with Gasteiger partial charge < -0.3 is 18.6 Å². The number of fused-ring (bicyclic) bond motifs is 6. The average Bonchev–Trinajstić information content (AvgIpc) is 4.05. The van der Waals surface area contributed by atoms with Crippen LogP contribution in [0.3, 0.4) is 0 Å². The molecular weight excluding hydrogens is 962 g/mol. The summed E-state index contributed by atoms with van der Waals surface area (Å²) in [7, 11) is -1.07. The number of allylic oxidation sites excluding steroid dienone is 4. The van der Waals surface area contributed by atoms with Gasteiger partial charge in [-0.05, 0) is 211 Å². The van der Waals surface area contributed by atoms with Gasteiger partial charge in [0, 0.05) is 0 Å². The molecule has 0 saturated carbocycles.